The van der Waals surface area contributed by atoms with E-state index in [0.29, 0.717) is 19.3 Å². The average molecular weight is 383 g/mol. The largest absolute Gasteiger partial charge is 0.447 e. The Labute approximate surface area is 167 Å². The van der Waals surface area contributed by atoms with Gasteiger partial charge in [-0.15, -0.1) is 0 Å². The van der Waals surface area contributed by atoms with Gasteiger partial charge in [0.2, 0.25) is 11.7 Å². The predicted molar refractivity (Wildman–Crippen MR) is 103 cm³/mol. The Morgan fingerprint density at radius 2 is 1.57 bits per heavy atom. The van der Waals surface area contributed by atoms with Gasteiger partial charge in [-0.1, -0.05) is 58.3 Å². The molecule has 3 fully saturated rings. The van der Waals surface area contributed by atoms with E-state index in [4.69, 9.17) is 14.9 Å². The normalized spacial score (nSPS) is 37.7. The number of nitrogens with zero attached hydrogens (tertiary/aromatic N) is 3. The van der Waals surface area contributed by atoms with Gasteiger partial charge in [-0.2, -0.15) is 15.8 Å². The maximum absolute atomic E-state index is 10.3. The molecule has 1 N–H and O–H groups in total. The molecule has 3 rings (SSSR count). The maximum atomic E-state index is 10.3. The number of nitriles is 3. The fourth-order valence-corrected chi connectivity index (χ4v) is 5.56. The molecule has 2 heterocycles. The van der Waals surface area contributed by atoms with Crippen molar-refractivity contribution in [2.24, 2.45) is 16.7 Å². The van der Waals surface area contributed by atoms with E-state index in [9.17, 15) is 15.8 Å². The minimum absolute atomic E-state index is 0.239. The molecular formula is C22H30N4O2. The molecule has 0 amide bonds. The van der Waals surface area contributed by atoms with E-state index in [1.807, 2.05) is 6.92 Å². The molecule has 4 unspecified atom stereocenters. The van der Waals surface area contributed by atoms with Crippen LogP contribution >= 0.6 is 0 Å². The molecule has 2 bridgehead atoms. The number of ether oxygens (including phenoxy) is 2. The fourth-order valence-electron chi connectivity index (χ4n) is 5.56. The second-order valence-electron chi connectivity index (χ2n) is 8.51. The van der Waals surface area contributed by atoms with Crippen LogP contribution in [0.1, 0.15) is 84.0 Å². The molecule has 2 saturated heterocycles. The highest BCUT2D eigenvalue weighted by Gasteiger charge is 2.79. The first-order valence-electron chi connectivity index (χ1n) is 10.8. The van der Waals surface area contributed by atoms with E-state index in [-0.39, 0.29) is 5.90 Å². The highest BCUT2D eigenvalue weighted by molar-refractivity contribution is 5.89. The second kappa shape index (κ2) is 8.10. The third-order valence-corrected chi connectivity index (χ3v) is 6.98. The van der Waals surface area contributed by atoms with Gasteiger partial charge in [-0.3, -0.25) is 5.41 Å². The molecule has 6 heteroatoms. The van der Waals surface area contributed by atoms with Crippen molar-refractivity contribution in [3.8, 4) is 18.2 Å². The summed E-state index contributed by atoms with van der Waals surface area (Å²) in [5.74, 6) is -1.75. The predicted octanol–water partition coefficient (Wildman–Crippen LogP) is 4.96. The van der Waals surface area contributed by atoms with Crippen LogP contribution in [0.15, 0.2) is 0 Å². The Morgan fingerprint density at radius 3 is 2.14 bits per heavy atom. The molecule has 0 aromatic heterocycles. The first kappa shape index (κ1) is 20.6. The van der Waals surface area contributed by atoms with Crippen LogP contribution in [0, 0.1) is 56.2 Å². The average Bonchev–Trinajstić information content (AvgIpc) is 2.87. The highest BCUT2D eigenvalue weighted by atomic mass is 16.7. The van der Waals surface area contributed by atoms with E-state index in [1.165, 1.54) is 19.3 Å². The molecule has 3 aliphatic rings. The van der Waals surface area contributed by atoms with Crippen LogP contribution < -0.4 is 0 Å². The van der Waals surface area contributed by atoms with Gasteiger partial charge in [0.1, 0.15) is 0 Å². The number of rotatable bonds is 2. The van der Waals surface area contributed by atoms with Gasteiger partial charge in [0, 0.05) is 6.42 Å². The van der Waals surface area contributed by atoms with Gasteiger partial charge < -0.3 is 9.47 Å². The van der Waals surface area contributed by atoms with Crippen molar-refractivity contribution in [2.45, 2.75) is 95.9 Å². The van der Waals surface area contributed by atoms with Gasteiger partial charge in [-0.25, -0.2) is 0 Å². The summed E-state index contributed by atoms with van der Waals surface area (Å²) in [6.07, 6.45) is 10.4. The van der Waals surface area contributed by atoms with Crippen molar-refractivity contribution in [3.63, 3.8) is 0 Å². The monoisotopic (exact) mass is 382 g/mol. The lowest BCUT2D eigenvalue weighted by Gasteiger charge is -2.50. The van der Waals surface area contributed by atoms with Crippen molar-refractivity contribution < 1.29 is 9.47 Å². The van der Waals surface area contributed by atoms with Gasteiger partial charge in [0.05, 0.1) is 30.2 Å². The summed E-state index contributed by atoms with van der Waals surface area (Å²) < 4.78 is 12.5. The van der Waals surface area contributed by atoms with Gasteiger partial charge in [0.25, 0.3) is 0 Å². The highest BCUT2D eigenvalue weighted by Crippen LogP contribution is 2.65. The van der Waals surface area contributed by atoms with Crippen molar-refractivity contribution in [3.05, 3.63) is 0 Å². The van der Waals surface area contributed by atoms with Crippen LogP contribution in [0.25, 0.3) is 0 Å². The van der Waals surface area contributed by atoms with Crippen LogP contribution in [0.4, 0.5) is 0 Å². The van der Waals surface area contributed by atoms with Crippen LogP contribution in [0.2, 0.25) is 0 Å². The lowest BCUT2D eigenvalue weighted by molar-refractivity contribution is -0.285. The van der Waals surface area contributed by atoms with Crippen molar-refractivity contribution in [1.29, 1.82) is 21.2 Å². The summed E-state index contributed by atoms with van der Waals surface area (Å²) in [4.78, 5) is 0. The SMILES string of the molecule is CCCC1OC23CCCCCCCCCCC2C(C#N)(C(=N)O3)C1(C#N)C#N. The Balaban J connectivity index is 2.11. The van der Waals surface area contributed by atoms with E-state index < -0.39 is 28.6 Å². The van der Waals surface area contributed by atoms with E-state index in [2.05, 4.69) is 18.2 Å². The molecule has 28 heavy (non-hydrogen) atoms. The van der Waals surface area contributed by atoms with E-state index in [0.717, 1.165) is 38.5 Å². The molecule has 0 aromatic rings. The fraction of sp³-hybridized carbons (Fsp3) is 0.818. The third-order valence-electron chi connectivity index (χ3n) is 6.98. The molecule has 6 nitrogen and oxygen atoms in total. The summed E-state index contributed by atoms with van der Waals surface area (Å²) >= 11 is 0. The molecule has 2 aliphatic heterocycles. The topological polar surface area (TPSA) is 114 Å². The van der Waals surface area contributed by atoms with Crippen LogP contribution in [-0.2, 0) is 9.47 Å². The Hall–Kier alpha value is -2.10. The zero-order valence-corrected chi connectivity index (χ0v) is 16.8. The van der Waals surface area contributed by atoms with Crippen LogP contribution in [-0.4, -0.2) is 17.8 Å². The summed E-state index contributed by atoms with van der Waals surface area (Å²) in [6.45, 7) is 1.97. The Kier molecular flexibility index (Phi) is 5.97. The molecule has 1 aliphatic carbocycles. The minimum atomic E-state index is -1.71. The van der Waals surface area contributed by atoms with Crippen molar-refractivity contribution in [1.82, 2.24) is 0 Å². The second-order valence-corrected chi connectivity index (χ2v) is 8.51. The number of nitrogens with one attached hydrogen (secondary N) is 1. The van der Waals surface area contributed by atoms with Gasteiger partial charge in [0.15, 0.2) is 10.8 Å². The standard InChI is InChI=1S/C22H30N4O2/c1-2-11-18-20(14-23,15-24)21(16-25)17-12-9-7-5-3-4-6-8-10-13-22(17,27-18)28-19(21)26/h17-18,26H,2-13H2,1H3. The van der Waals surface area contributed by atoms with E-state index in [1.54, 1.807) is 0 Å². The molecule has 0 radical (unpaired) electrons. The Morgan fingerprint density at radius 1 is 0.964 bits per heavy atom. The van der Waals surface area contributed by atoms with Crippen LogP contribution in [0.3, 0.4) is 0 Å². The summed E-state index contributed by atoms with van der Waals surface area (Å²) in [6, 6.07) is 6.55. The van der Waals surface area contributed by atoms with E-state index >= 15 is 0 Å². The molecule has 0 spiro atoms. The van der Waals surface area contributed by atoms with Gasteiger partial charge >= 0.3 is 0 Å². The lowest BCUT2D eigenvalue weighted by Crippen LogP contribution is -2.62. The lowest BCUT2D eigenvalue weighted by atomic mass is 9.52. The zero-order valence-electron chi connectivity index (χ0n) is 16.8. The van der Waals surface area contributed by atoms with Crippen molar-refractivity contribution in [2.75, 3.05) is 0 Å². The molecule has 1 saturated carbocycles. The maximum Gasteiger partial charge on any atom is 0.217 e. The molecule has 0 aromatic carbocycles. The number of hydrogen-bond acceptors (Lipinski definition) is 6. The quantitative estimate of drug-likeness (QED) is 0.724. The molecule has 150 valence electrons. The van der Waals surface area contributed by atoms with Crippen molar-refractivity contribution >= 4 is 5.90 Å². The van der Waals surface area contributed by atoms with Crippen LogP contribution in [0.5, 0.6) is 0 Å². The molecular weight excluding hydrogens is 352 g/mol. The Bertz CT molecular complexity index is 716. The number of hydrogen-bond donors (Lipinski definition) is 1. The summed E-state index contributed by atoms with van der Waals surface area (Å²) in [5.41, 5.74) is -3.27. The third kappa shape index (κ3) is 2.80. The summed E-state index contributed by atoms with van der Waals surface area (Å²) in [7, 11) is 0. The molecule has 4 atom stereocenters. The zero-order chi connectivity index (χ0) is 20.3. The van der Waals surface area contributed by atoms with Gasteiger partial charge in [-0.05, 0) is 19.3 Å². The first-order valence-corrected chi connectivity index (χ1v) is 10.8. The summed E-state index contributed by atoms with van der Waals surface area (Å²) in [5, 5.41) is 39.2. The first-order chi connectivity index (χ1) is 13.6. The minimum Gasteiger partial charge on any atom is -0.447 e. The smallest absolute Gasteiger partial charge is 0.217 e.